The summed E-state index contributed by atoms with van der Waals surface area (Å²) in [5.41, 5.74) is 0.568. The van der Waals surface area contributed by atoms with Crippen LogP contribution in [0, 0.1) is 0 Å². The fraction of sp³-hybridized carbons (Fsp3) is 0.286. The van der Waals surface area contributed by atoms with Gasteiger partial charge in [-0.1, -0.05) is 12.1 Å². The first kappa shape index (κ1) is 14.8. The first-order chi connectivity index (χ1) is 9.01. The molecule has 0 unspecified atom stereocenters. The molecule has 5 nitrogen and oxygen atoms in total. The standard InChI is InChI=1S/C14H18N2O3/c1-4-6-13(17)16-11-7-5-8-12(9-11)19-14(18)15-10(2)3/h4-10H,1-3H3,(H,15,18)(H,16,17)/b6-4+. The molecule has 2 amide bonds. The maximum atomic E-state index is 11.4. The molecular formula is C14H18N2O3. The van der Waals surface area contributed by atoms with Gasteiger partial charge in [0.25, 0.3) is 0 Å². The van der Waals surface area contributed by atoms with Gasteiger partial charge in [-0.2, -0.15) is 0 Å². The van der Waals surface area contributed by atoms with Crippen LogP contribution in [0.15, 0.2) is 36.4 Å². The van der Waals surface area contributed by atoms with E-state index in [9.17, 15) is 9.59 Å². The Morgan fingerprint density at radius 3 is 2.68 bits per heavy atom. The Hall–Kier alpha value is -2.30. The monoisotopic (exact) mass is 262 g/mol. The summed E-state index contributed by atoms with van der Waals surface area (Å²) >= 11 is 0. The Morgan fingerprint density at radius 1 is 1.32 bits per heavy atom. The van der Waals surface area contributed by atoms with Crippen molar-refractivity contribution < 1.29 is 14.3 Å². The topological polar surface area (TPSA) is 67.4 Å². The van der Waals surface area contributed by atoms with Crippen LogP contribution in [0.4, 0.5) is 10.5 Å². The second-order valence-electron chi connectivity index (χ2n) is 4.21. The molecule has 0 radical (unpaired) electrons. The molecule has 1 aromatic rings. The van der Waals surface area contributed by atoms with Gasteiger partial charge in [-0.25, -0.2) is 4.79 Å². The molecule has 0 saturated heterocycles. The number of carbonyl (C=O) groups excluding carboxylic acids is 2. The van der Waals surface area contributed by atoms with Gasteiger partial charge in [-0.3, -0.25) is 4.79 Å². The maximum absolute atomic E-state index is 11.4. The van der Waals surface area contributed by atoms with E-state index in [0.717, 1.165) is 0 Å². The lowest BCUT2D eigenvalue weighted by Crippen LogP contribution is -2.32. The molecule has 1 aromatic carbocycles. The Morgan fingerprint density at radius 2 is 2.05 bits per heavy atom. The minimum Gasteiger partial charge on any atom is -0.410 e. The summed E-state index contributed by atoms with van der Waals surface area (Å²) in [6.45, 7) is 5.44. The Labute approximate surface area is 112 Å². The summed E-state index contributed by atoms with van der Waals surface area (Å²) in [5, 5.41) is 5.27. The van der Waals surface area contributed by atoms with E-state index in [0.29, 0.717) is 11.4 Å². The van der Waals surface area contributed by atoms with Crippen molar-refractivity contribution in [3.8, 4) is 5.75 Å². The zero-order valence-electron chi connectivity index (χ0n) is 11.3. The van der Waals surface area contributed by atoms with Crippen molar-refractivity contribution in [2.75, 3.05) is 5.32 Å². The van der Waals surface area contributed by atoms with E-state index in [1.807, 2.05) is 13.8 Å². The molecule has 1 rings (SSSR count). The van der Waals surface area contributed by atoms with Crippen LogP contribution in [-0.2, 0) is 4.79 Å². The van der Waals surface area contributed by atoms with Crippen LogP contribution >= 0.6 is 0 Å². The molecule has 0 heterocycles. The minimum atomic E-state index is -0.521. The van der Waals surface area contributed by atoms with Gasteiger partial charge in [-0.15, -0.1) is 0 Å². The number of nitrogens with one attached hydrogen (secondary N) is 2. The Bertz CT molecular complexity index is 481. The van der Waals surface area contributed by atoms with Crippen LogP contribution in [0.3, 0.4) is 0 Å². The van der Waals surface area contributed by atoms with Crippen molar-refractivity contribution >= 4 is 17.7 Å². The lowest BCUT2D eigenvalue weighted by atomic mass is 10.3. The number of benzene rings is 1. The van der Waals surface area contributed by atoms with Gasteiger partial charge in [0.15, 0.2) is 0 Å². The minimum absolute atomic E-state index is 0.00470. The van der Waals surface area contributed by atoms with Crippen LogP contribution in [0.25, 0.3) is 0 Å². The molecule has 0 fully saturated rings. The maximum Gasteiger partial charge on any atom is 0.412 e. The van der Waals surface area contributed by atoms with E-state index in [1.54, 1.807) is 37.3 Å². The summed E-state index contributed by atoms with van der Waals surface area (Å²) in [6.07, 6.45) is 2.54. The third-order valence-electron chi connectivity index (χ3n) is 2.04. The van der Waals surface area contributed by atoms with Crippen molar-refractivity contribution in [3.63, 3.8) is 0 Å². The fourth-order valence-corrected chi connectivity index (χ4v) is 1.34. The predicted molar refractivity (Wildman–Crippen MR) is 74.2 cm³/mol. The smallest absolute Gasteiger partial charge is 0.410 e. The normalized spacial score (nSPS) is 10.5. The molecule has 0 aliphatic carbocycles. The molecule has 102 valence electrons. The summed E-state index contributed by atoms with van der Waals surface area (Å²) in [6, 6.07) is 6.65. The largest absolute Gasteiger partial charge is 0.412 e. The molecule has 0 spiro atoms. The second kappa shape index (κ2) is 7.20. The molecule has 0 aliphatic heterocycles. The van der Waals surface area contributed by atoms with Gasteiger partial charge >= 0.3 is 6.09 Å². The van der Waals surface area contributed by atoms with E-state index in [2.05, 4.69) is 10.6 Å². The molecule has 0 aliphatic rings. The summed E-state index contributed by atoms with van der Waals surface area (Å²) in [5.74, 6) is 0.141. The fourth-order valence-electron chi connectivity index (χ4n) is 1.34. The van der Waals surface area contributed by atoms with Crippen molar-refractivity contribution in [1.82, 2.24) is 5.32 Å². The summed E-state index contributed by atoms with van der Waals surface area (Å²) in [4.78, 5) is 22.8. The number of hydrogen-bond acceptors (Lipinski definition) is 3. The SMILES string of the molecule is C/C=C/C(=O)Nc1cccc(OC(=O)NC(C)C)c1. The van der Waals surface area contributed by atoms with Gasteiger partial charge in [0.1, 0.15) is 5.75 Å². The van der Waals surface area contributed by atoms with Crippen LogP contribution < -0.4 is 15.4 Å². The average molecular weight is 262 g/mol. The number of rotatable bonds is 4. The van der Waals surface area contributed by atoms with Gasteiger partial charge in [0.05, 0.1) is 0 Å². The highest BCUT2D eigenvalue weighted by molar-refractivity contribution is 5.99. The van der Waals surface area contributed by atoms with Crippen molar-refractivity contribution in [2.45, 2.75) is 26.8 Å². The molecule has 0 saturated carbocycles. The Kier molecular flexibility index (Phi) is 5.60. The highest BCUT2D eigenvalue weighted by Gasteiger charge is 2.06. The van der Waals surface area contributed by atoms with Gasteiger partial charge in [0.2, 0.25) is 5.91 Å². The molecule has 2 N–H and O–H groups in total. The highest BCUT2D eigenvalue weighted by atomic mass is 16.6. The average Bonchev–Trinajstić information content (AvgIpc) is 2.28. The number of allylic oxidation sites excluding steroid dienone is 1. The molecule has 5 heteroatoms. The number of amides is 2. The van der Waals surface area contributed by atoms with Gasteiger partial charge in [0, 0.05) is 17.8 Å². The second-order valence-corrected chi connectivity index (χ2v) is 4.21. The van der Waals surface area contributed by atoms with Crippen molar-refractivity contribution in [3.05, 3.63) is 36.4 Å². The van der Waals surface area contributed by atoms with Crippen molar-refractivity contribution in [2.24, 2.45) is 0 Å². The number of anilines is 1. The first-order valence-corrected chi connectivity index (χ1v) is 6.03. The first-order valence-electron chi connectivity index (χ1n) is 6.03. The van der Waals surface area contributed by atoms with Gasteiger partial charge < -0.3 is 15.4 Å². The van der Waals surface area contributed by atoms with E-state index >= 15 is 0 Å². The van der Waals surface area contributed by atoms with Crippen LogP contribution in [0.5, 0.6) is 5.75 Å². The van der Waals surface area contributed by atoms with E-state index in [1.165, 1.54) is 6.08 Å². The van der Waals surface area contributed by atoms with Crippen LogP contribution in [-0.4, -0.2) is 18.0 Å². The van der Waals surface area contributed by atoms with Crippen molar-refractivity contribution in [1.29, 1.82) is 0 Å². The number of hydrogen-bond donors (Lipinski definition) is 2. The van der Waals surface area contributed by atoms with Crippen LogP contribution in [0.2, 0.25) is 0 Å². The van der Waals surface area contributed by atoms with E-state index in [4.69, 9.17) is 4.74 Å². The Balaban J connectivity index is 2.66. The zero-order chi connectivity index (χ0) is 14.3. The molecule has 0 bridgehead atoms. The van der Waals surface area contributed by atoms with Gasteiger partial charge in [-0.05, 0) is 39.0 Å². The van der Waals surface area contributed by atoms with Crippen LogP contribution in [0.1, 0.15) is 20.8 Å². The quantitative estimate of drug-likeness (QED) is 0.820. The summed E-state index contributed by atoms with van der Waals surface area (Å²) in [7, 11) is 0. The van der Waals surface area contributed by atoms with E-state index in [-0.39, 0.29) is 11.9 Å². The summed E-state index contributed by atoms with van der Waals surface area (Å²) < 4.78 is 5.09. The lowest BCUT2D eigenvalue weighted by Gasteiger charge is -2.10. The molecular weight excluding hydrogens is 244 g/mol. The lowest BCUT2D eigenvalue weighted by molar-refractivity contribution is -0.111. The predicted octanol–water partition coefficient (Wildman–Crippen LogP) is 2.70. The zero-order valence-corrected chi connectivity index (χ0v) is 11.3. The third-order valence-corrected chi connectivity index (χ3v) is 2.04. The third kappa shape index (κ3) is 5.72. The number of ether oxygens (including phenoxy) is 1. The highest BCUT2D eigenvalue weighted by Crippen LogP contribution is 2.17. The van der Waals surface area contributed by atoms with E-state index < -0.39 is 6.09 Å². The molecule has 0 aromatic heterocycles. The number of carbonyl (C=O) groups is 2. The molecule has 0 atom stereocenters. The molecule has 19 heavy (non-hydrogen) atoms.